The molecule has 1 fully saturated rings. The van der Waals surface area contributed by atoms with E-state index in [1.54, 1.807) is 17.9 Å². The number of esters is 1. The predicted octanol–water partition coefficient (Wildman–Crippen LogP) is 3.95. The van der Waals surface area contributed by atoms with Crippen molar-refractivity contribution < 1.29 is 31.9 Å². The number of hydrogen-bond acceptors (Lipinski definition) is 5. The van der Waals surface area contributed by atoms with Gasteiger partial charge in [0.15, 0.2) is 6.61 Å². The minimum atomic E-state index is -4.44. The number of ether oxygens (including phenoxy) is 1. The largest absolute Gasteiger partial charge is 0.455 e. The van der Waals surface area contributed by atoms with Crippen molar-refractivity contribution in [3.63, 3.8) is 0 Å². The molecule has 1 aromatic carbocycles. The maximum absolute atomic E-state index is 13.5. The van der Waals surface area contributed by atoms with Crippen LogP contribution in [0.4, 0.5) is 29.1 Å². The molecule has 0 radical (unpaired) electrons. The molecule has 0 bridgehead atoms. The van der Waals surface area contributed by atoms with E-state index < -0.39 is 42.0 Å². The number of nitrogens with one attached hydrogen (secondary N) is 1. The van der Waals surface area contributed by atoms with E-state index in [-0.39, 0.29) is 5.69 Å². The lowest BCUT2D eigenvalue weighted by Crippen LogP contribution is -2.38. The highest BCUT2D eigenvalue weighted by Gasteiger charge is 2.31. The molecular formula is C21H21F4N3O3. The number of amides is 1. The monoisotopic (exact) mass is 439 g/mol. The minimum absolute atomic E-state index is 0.265. The van der Waals surface area contributed by atoms with E-state index in [1.165, 1.54) is 18.2 Å². The number of hydrogen-bond donors (Lipinski definition) is 1. The van der Waals surface area contributed by atoms with Crippen LogP contribution >= 0.6 is 0 Å². The van der Waals surface area contributed by atoms with Gasteiger partial charge >= 0.3 is 12.1 Å². The van der Waals surface area contributed by atoms with Crippen LogP contribution < -0.4 is 10.2 Å². The van der Waals surface area contributed by atoms with Gasteiger partial charge in [0.05, 0.1) is 11.5 Å². The summed E-state index contributed by atoms with van der Waals surface area (Å²) in [5.41, 5.74) is -0.106. The summed E-state index contributed by atoms with van der Waals surface area (Å²) >= 11 is 0. The molecule has 1 aliphatic rings. The summed E-state index contributed by atoms with van der Waals surface area (Å²) in [6.45, 7) is 1.95. The maximum Gasteiger partial charge on any atom is 0.417 e. The zero-order chi connectivity index (χ0) is 22.6. The zero-order valence-electron chi connectivity index (χ0n) is 16.7. The fourth-order valence-electron chi connectivity index (χ4n) is 3.21. The summed E-state index contributed by atoms with van der Waals surface area (Å²) in [6.07, 6.45) is -2.81. The smallest absolute Gasteiger partial charge is 0.417 e. The molecule has 1 saturated heterocycles. The van der Waals surface area contributed by atoms with Crippen LogP contribution in [0.1, 0.15) is 24.0 Å². The Morgan fingerprint density at radius 2 is 1.90 bits per heavy atom. The number of alkyl halides is 3. The van der Waals surface area contributed by atoms with Crippen LogP contribution in [0.5, 0.6) is 0 Å². The lowest BCUT2D eigenvalue weighted by Gasteiger charge is -2.31. The molecule has 2 heterocycles. The van der Waals surface area contributed by atoms with Gasteiger partial charge in [-0.3, -0.25) is 9.59 Å². The number of piperidine rings is 1. The Balaban J connectivity index is 1.44. The number of halogens is 4. The molecule has 1 aromatic heterocycles. The molecule has 1 amide bonds. The van der Waals surface area contributed by atoms with Crippen LogP contribution in [0.2, 0.25) is 0 Å². The molecule has 6 nitrogen and oxygen atoms in total. The molecule has 31 heavy (non-hydrogen) atoms. The van der Waals surface area contributed by atoms with E-state index in [9.17, 15) is 27.2 Å². The Bertz CT molecular complexity index is 940. The van der Waals surface area contributed by atoms with E-state index in [4.69, 9.17) is 4.74 Å². The van der Waals surface area contributed by atoms with Crippen molar-refractivity contribution in [1.29, 1.82) is 0 Å². The molecule has 3 rings (SSSR count). The van der Waals surface area contributed by atoms with Crippen molar-refractivity contribution in [2.45, 2.75) is 25.9 Å². The Morgan fingerprint density at radius 3 is 2.48 bits per heavy atom. The minimum Gasteiger partial charge on any atom is -0.455 e. The summed E-state index contributed by atoms with van der Waals surface area (Å²) in [4.78, 5) is 29.8. The average molecular weight is 439 g/mol. The Kier molecular flexibility index (Phi) is 6.77. The third kappa shape index (κ3) is 5.93. The van der Waals surface area contributed by atoms with Crippen molar-refractivity contribution in [1.82, 2.24) is 4.98 Å². The van der Waals surface area contributed by atoms with Gasteiger partial charge in [-0.25, -0.2) is 9.37 Å². The van der Waals surface area contributed by atoms with Crippen molar-refractivity contribution in [2.24, 2.45) is 5.92 Å². The predicted molar refractivity (Wildman–Crippen MR) is 105 cm³/mol. The SMILES string of the molecule is Cc1ccc(NC(=O)COC(=O)C2CCN(c3ccc(C(F)(F)F)cn3)CC2)cc1F. The lowest BCUT2D eigenvalue weighted by molar-refractivity contribution is -0.152. The second-order valence-electron chi connectivity index (χ2n) is 7.28. The van der Waals surface area contributed by atoms with Crippen molar-refractivity contribution in [3.8, 4) is 0 Å². The van der Waals surface area contributed by atoms with Gasteiger partial charge in [-0.15, -0.1) is 0 Å². The molecule has 0 unspecified atom stereocenters. The fraction of sp³-hybridized carbons (Fsp3) is 0.381. The number of benzene rings is 1. The van der Waals surface area contributed by atoms with Crippen molar-refractivity contribution in [3.05, 3.63) is 53.5 Å². The van der Waals surface area contributed by atoms with E-state index in [2.05, 4.69) is 10.3 Å². The van der Waals surface area contributed by atoms with Gasteiger partial charge in [-0.1, -0.05) is 6.07 Å². The molecule has 1 aliphatic heterocycles. The topological polar surface area (TPSA) is 71.5 Å². The van der Waals surface area contributed by atoms with Crippen molar-refractivity contribution in [2.75, 3.05) is 29.9 Å². The summed E-state index contributed by atoms with van der Waals surface area (Å²) in [7, 11) is 0. The number of carbonyl (C=O) groups excluding carboxylic acids is 2. The quantitative estimate of drug-likeness (QED) is 0.564. The molecule has 1 N–H and O–H groups in total. The van der Waals surface area contributed by atoms with Gasteiger partial charge in [0.25, 0.3) is 5.91 Å². The first-order valence-corrected chi connectivity index (χ1v) is 9.64. The van der Waals surface area contributed by atoms with E-state index >= 15 is 0 Å². The van der Waals surface area contributed by atoms with Crippen LogP contribution in [0.15, 0.2) is 36.5 Å². The average Bonchev–Trinajstić information content (AvgIpc) is 2.74. The number of nitrogens with zero attached hydrogens (tertiary/aromatic N) is 2. The Labute approximate surface area is 176 Å². The van der Waals surface area contributed by atoms with Gasteiger partial charge in [0.2, 0.25) is 0 Å². The first-order chi connectivity index (χ1) is 14.6. The molecule has 0 saturated carbocycles. The molecular weight excluding hydrogens is 418 g/mol. The first-order valence-electron chi connectivity index (χ1n) is 9.64. The summed E-state index contributed by atoms with van der Waals surface area (Å²) in [5.74, 6) is -1.57. The first kappa shape index (κ1) is 22.5. The van der Waals surface area contributed by atoms with Crippen LogP contribution in [-0.2, 0) is 20.5 Å². The van der Waals surface area contributed by atoms with Gasteiger partial charge in [0, 0.05) is 25.0 Å². The second-order valence-corrected chi connectivity index (χ2v) is 7.28. The van der Waals surface area contributed by atoms with Crippen LogP contribution in [0, 0.1) is 18.7 Å². The van der Waals surface area contributed by atoms with E-state index in [1.807, 2.05) is 0 Å². The molecule has 0 aliphatic carbocycles. The third-order valence-electron chi connectivity index (χ3n) is 5.03. The highest BCUT2D eigenvalue weighted by Crippen LogP contribution is 2.30. The van der Waals surface area contributed by atoms with Crippen LogP contribution in [0.25, 0.3) is 0 Å². The molecule has 166 valence electrons. The number of aryl methyl sites for hydroxylation is 1. The summed E-state index contributed by atoms with van der Waals surface area (Å²) in [5, 5.41) is 2.46. The second kappa shape index (κ2) is 9.32. The van der Waals surface area contributed by atoms with Gasteiger partial charge in [-0.2, -0.15) is 13.2 Å². The molecule has 2 aromatic rings. The molecule has 0 atom stereocenters. The highest BCUT2D eigenvalue weighted by molar-refractivity contribution is 5.92. The van der Waals surface area contributed by atoms with Gasteiger partial charge in [-0.05, 0) is 49.6 Å². The van der Waals surface area contributed by atoms with Gasteiger partial charge < -0.3 is 15.0 Å². The fourth-order valence-corrected chi connectivity index (χ4v) is 3.21. The lowest BCUT2D eigenvalue weighted by atomic mass is 9.97. The Morgan fingerprint density at radius 1 is 1.19 bits per heavy atom. The summed E-state index contributed by atoms with van der Waals surface area (Å²) in [6, 6.07) is 6.53. The van der Waals surface area contributed by atoms with E-state index in [0.29, 0.717) is 37.3 Å². The highest BCUT2D eigenvalue weighted by atomic mass is 19.4. The van der Waals surface area contributed by atoms with Crippen LogP contribution in [-0.4, -0.2) is 36.6 Å². The van der Waals surface area contributed by atoms with Crippen LogP contribution in [0.3, 0.4) is 0 Å². The Hall–Kier alpha value is -3.17. The molecule has 10 heteroatoms. The maximum atomic E-state index is 13.5. The van der Waals surface area contributed by atoms with E-state index in [0.717, 1.165) is 12.3 Å². The number of pyridine rings is 1. The van der Waals surface area contributed by atoms with Crippen molar-refractivity contribution >= 4 is 23.4 Å². The van der Waals surface area contributed by atoms with Gasteiger partial charge in [0.1, 0.15) is 11.6 Å². The summed E-state index contributed by atoms with van der Waals surface area (Å²) < 4.78 is 56.5. The number of aromatic nitrogens is 1. The zero-order valence-corrected chi connectivity index (χ0v) is 16.7. The molecule has 0 spiro atoms. The standard InChI is InChI=1S/C21H21F4N3O3/c1-13-2-4-16(10-17(13)22)27-19(29)12-31-20(30)14-6-8-28(9-7-14)18-5-3-15(11-26-18)21(23,24)25/h2-5,10-11,14H,6-9,12H2,1H3,(H,27,29). The number of carbonyl (C=O) groups is 2. The normalized spacial score (nSPS) is 14.9. The number of anilines is 2. The third-order valence-corrected chi connectivity index (χ3v) is 5.03. The number of rotatable bonds is 5.